The van der Waals surface area contributed by atoms with Crippen molar-refractivity contribution in [2.75, 3.05) is 27.2 Å². The van der Waals surface area contributed by atoms with Crippen LogP contribution in [0.2, 0.25) is 0 Å². The Morgan fingerprint density at radius 1 is 1.82 bits per heavy atom. The fraction of sp³-hybridized carbons (Fsp3) is 0.714. The highest BCUT2D eigenvalue weighted by molar-refractivity contribution is 5.81. The third kappa shape index (κ3) is 1.92. The Labute approximate surface area is 66.0 Å². The van der Waals surface area contributed by atoms with Crippen molar-refractivity contribution in [3.05, 3.63) is 0 Å². The van der Waals surface area contributed by atoms with Gasteiger partial charge in [0.15, 0.2) is 0 Å². The largest absolute Gasteiger partial charge is 0.321 e. The smallest absolute Gasteiger partial charge is 0.237 e. The molecule has 1 unspecified atom stereocenters. The lowest BCUT2D eigenvalue weighted by atomic mass is 10.5. The molecular formula is C7H11N3O. The first-order valence-corrected chi connectivity index (χ1v) is 3.49. The zero-order valence-corrected chi connectivity index (χ0v) is 6.74. The number of rotatable bonds is 2. The van der Waals surface area contributed by atoms with Crippen LogP contribution in [0.5, 0.6) is 0 Å². The first-order chi connectivity index (χ1) is 5.15. The summed E-state index contributed by atoms with van der Waals surface area (Å²) in [6, 6.07) is 1.88. The van der Waals surface area contributed by atoms with Crippen molar-refractivity contribution in [1.82, 2.24) is 9.80 Å². The third-order valence-corrected chi connectivity index (χ3v) is 1.53. The lowest BCUT2D eigenvalue weighted by Gasteiger charge is -2.08. The average Bonchev–Trinajstić information content (AvgIpc) is 2.63. The Kier molecular flexibility index (Phi) is 2.11. The maximum atomic E-state index is 11.1. The van der Waals surface area contributed by atoms with Crippen molar-refractivity contribution in [1.29, 1.82) is 5.26 Å². The molecular weight excluding hydrogens is 142 g/mol. The molecule has 0 N–H and O–H groups in total. The van der Waals surface area contributed by atoms with Gasteiger partial charge in [-0.3, -0.25) is 4.79 Å². The number of likely N-dealkylation sites (N-methyl/N-ethyl adjacent to an activating group) is 1. The lowest BCUT2D eigenvalue weighted by Crippen LogP contribution is -2.27. The molecule has 11 heavy (non-hydrogen) atoms. The molecule has 1 amide bonds. The van der Waals surface area contributed by atoms with E-state index in [1.165, 1.54) is 0 Å². The van der Waals surface area contributed by atoms with Gasteiger partial charge in [0.25, 0.3) is 0 Å². The molecule has 1 rings (SSSR count). The number of carbonyl (C=O) groups is 1. The summed E-state index contributed by atoms with van der Waals surface area (Å²) in [7, 11) is 3.67. The Hall–Kier alpha value is -1.08. The Bertz CT molecular complexity index is 206. The number of amides is 1. The number of nitriles is 1. The van der Waals surface area contributed by atoms with Gasteiger partial charge in [-0.2, -0.15) is 5.26 Å². The van der Waals surface area contributed by atoms with Crippen LogP contribution in [0.15, 0.2) is 0 Å². The van der Waals surface area contributed by atoms with E-state index < -0.39 is 0 Å². The molecule has 0 aromatic carbocycles. The topological polar surface area (TPSA) is 47.1 Å². The molecule has 0 aromatic rings. The van der Waals surface area contributed by atoms with Crippen LogP contribution in [-0.2, 0) is 4.79 Å². The summed E-state index contributed by atoms with van der Waals surface area (Å²) in [4.78, 5) is 14.5. The molecule has 60 valence electrons. The molecule has 1 heterocycles. The van der Waals surface area contributed by atoms with Gasteiger partial charge in [0.05, 0.1) is 19.2 Å². The van der Waals surface area contributed by atoms with Crippen LogP contribution in [0.1, 0.15) is 0 Å². The van der Waals surface area contributed by atoms with Crippen molar-refractivity contribution in [2.45, 2.75) is 6.04 Å². The van der Waals surface area contributed by atoms with Crippen LogP contribution >= 0.6 is 0 Å². The summed E-state index contributed by atoms with van der Waals surface area (Å²) in [6.07, 6.45) is 0. The SMILES string of the molecule is CN(C)CC(=O)N1CC1C#N. The molecule has 0 aromatic heterocycles. The van der Waals surface area contributed by atoms with Gasteiger partial charge in [-0.1, -0.05) is 0 Å². The molecule has 0 aliphatic carbocycles. The van der Waals surface area contributed by atoms with Crippen LogP contribution < -0.4 is 0 Å². The van der Waals surface area contributed by atoms with E-state index in [9.17, 15) is 4.79 Å². The minimum absolute atomic E-state index is 0.0431. The predicted octanol–water partition coefficient (Wildman–Crippen LogP) is -0.718. The Morgan fingerprint density at radius 2 is 2.45 bits per heavy atom. The van der Waals surface area contributed by atoms with E-state index in [1.807, 2.05) is 20.2 Å². The quantitative estimate of drug-likeness (QED) is 0.492. The first kappa shape index (κ1) is 8.02. The monoisotopic (exact) mass is 153 g/mol. The Balaban J connectivity index is 2.30. The van der Waals surface area contributed by atoms with Crippen LogP contribution in [0.3, 0.4) is 0 Å². The summed E-state index contributed by atoms with van der Waals surface area (Å²) < 4.78 is 0. The second-order valence-electron chi connectivity index (χ2n) is 2.93. The number of hydrogen-bond acceptors (Lipinski definition) is 3. The first-order valence-electron chi connectivity index (χ1n) is 3.49. The van der Waals surface area contributed by atoms with Crippen molar-refractivity contribution in [3.8, 4) is 6.07 Å². The van der Waals surface area contributed by atoms with Crippen LogP contribution in [0.4, 0.5) is 0 Å². The van der Waals surface area contributed by atoms with Crippen molar-refractivity contribution in [3.63, 3.8) is 0 Å². The van der Waals surface area contributed by atoms with Crippen LogP contribution in [0, 0.1) is 11.3 Å². The second kappa shape index (κ2) is 2.89. The van der Waals surface area contributed by atoms with E-state index in [0.29, 0.717) is 13.1 Å². The molecule has 1 aliphatic heterocycles. The maximum absolute atomic E-state index is 11.1. The summed E-state index contributed by atoms with van der Waals surface area (Å²) in [5.74, 6) is 0.0431. The molecule has 0 saturated carbocycles. The van der Waals surface area contributed by atoms with Gasteiger partial charge in [0.2, 0.25) is 5.91 Å². The zero-order chi connectivity index (χ0) is 8.43. The minimum atomic E-state index is -0.151. The molecule has 1 atom stereocenters. The molecule has 4 heteroatoms. The number of nitrogens with zero attached hydrogens (tertiary/aromatic N) is 3. The van der Waals surface area contributed by atoms with E-state index in [2.05, 4.69) is 0 Å². The van der Waals surface area contributed by atoms with E-state index >= 15 is 0 Å². The van der Waals surface area contributed by atoms with Gasteiger partial charge in [0.1, 0.15) is 6.04 Å². The van der Waals surface area contributed by atoms with Crippen LogP contribution in [-0.4, -0.2) is 48.9 Å². The highest BCUT2D eigenvalue weighted by atomic mass is 16.2. The highest BCUT2D eigenvalue weighted by Crippen LogP contribution is 2.15. The maximum Gasteiger partial charge on any atom is 0.237 e. The summed E-state index contributed by atoms with van der Waals surface area (Å²) in [5, 5.41) is 8.40. The van der Waals surface area contributed by atoms with E-state index in [-0.39, 0.29) is 11.9 Å². The average molecular weight is 153 g/mol. The second-order valence-corrected chi connectivity index (χ2v) is 2.93. The minimum Gasteiger partial charge on any atom is -0.321 e. The zero-order valence-electron chi connectivity index (χ0n) is 6.74. The van der Waals surface area contributed by atoms with Crippen molar-refractivity contribution in [2.24, 2.45) is 0 Å². The van der Waals surface area contributed by atoms with Gasteiger partial charge < -0.3 is 9.80 Å². The molecule has 0 bridgehead atoms. The fourth-order valence-corrected chi connectivity index (χ4v) is 0.887. The molecule has 1 fully saturated rings. The van der Waals surface area contributed by atoms with Crippen molar-refractivity contribution < 1.29 is 4.79 Å². The predicted molar refractivity (Wildman–Crippen MR) is 39.7 cm³/mol. The van der Waals surface area contributed by atoms with E-state index in [1.54, 1.807) is 9.80 Å². The van der Waals surface area contributed by atoms with Gasteiger partial charge in [0, 0.05) is 0 Å². The molecule has 0 radical (unpaired) electrons. The van der Waals surface area contributed by atoms with Crippen LogP contribution in [0.25, 0.3) is 0 Å². The standard InChI is InChI=1S/C7H11N3O/c1-9(2)5-7(11)10-4-6(10)3-8/h6H,4-5H2,1-2H3. The van der Waals surface area contributed by atoms with E-state index in [4.69, 9.17) is 5.26 Å². The normalized spacial score (nSPS) is 21.6. The molecule has 4 nitrogen and oxygen atoms in total. The summed E-state index contributed by atoms with van der Waals surface area (Å²) >= 11 is 0. The van der Waals surface area contributed by atoms with Crippen molar-refractivity contribution >= 4 is 5.91 Å². The third-order valence-electron chi connectivity index (χ3n) is 1.53. The summed E-state index contributed by atoms with van der Waals surface area (Å²) in [5.41, 5.74) is 0. The van der Waals surface area contributed by atoms with Gasteiger partial charge in [-0.25, -0.2) is 0 Å². The highest BCUT2D eigenvalue weighted by Gasteiger charge is 2.38. The van der Waals surface area contributed by atoms with Gasteiger partial charge >= 0.3 is 0 Å². The lowest BCUT2D eigenvalue weighted by molar-refractivity contribution is -0.126. The fourth-order valence-electron chi connectivity index (χ4n) is 0.887. The molecule has 1 aliphatic rings. The number of carbonyl (C=O) groups excluding carboxylic acids is 1. The van der Waals surface area contributed by atoms with Gasteiger partial charge in [-0.05, 0) is 14.1 Å². The molecule has 0 spiro atoms. The summed E-state index contributed by atoms with van der Waals surface area (Å²) in [6.45, 7) is 1.02. The van der Waals surface area contributed by atoms with E-state index in [0.717, 1.165) is 0 Å². The Morgan fingerprint density at radius 3 is 2.82 bits per heavy atom. The van der Waals surface area contributed by atoms with Gasteiger partial charge in [-0.15, -0.1) is 0 Å². The number of hydrogen-bond donors (Lipinski definition) is 0. The molecule has 1 saturated heterocycles.